The zero-order valence-electron chi connectivity index (χ0n) is 18.4. The third-order valence-corrected chi connectivity index (χ3v) is 5.75. The summed E-state index contributed by atoms with van der Waals surface area (Å²) in [5, 5.41) is 2.84. The highest BCUT2D eigenvalue weighted by Crippen LogP contribution is 2.28. The largest absolute Gasteiger partial charge is 0.383 e. The first-order valence-corrected chi connectivity index (χ1v) is 11.5. The number of benzene rings is 1. The van der Waals surface area contributed by atoms with Crippen LogP contribution in [0.3, 0.4) is 0 Å². The molecule has 0 spiro atoms. The summed E-state index contributed by atoms with van der Waals surface area (Å²) in [6.07, 6.45) is 0. The Morgan fingerprint density at radius 2 is 1.97 bits per heavy atom. The number of carbonyl (C=O) groups is 1. The first-order chi connectivity index (χ1) is 15.1. The molecule has 1 amide bonds. The molecule has 170 valence electrons. The van der Waals surface area contributed by atoms with Crippen LogP contribution in [0.4, 0.5) is 11.5 Å². The van der Waals surface area contributed by atoms with Gasteiger partial charge in [0, 0.05) is 29.1 Å². The fourth-order valence-corrected chi connectivity index (χ4v) is 4.27. The molecule has 3 aromatic rings. The molecule has 0 unspecified atom stereocenters. The molecule has 3 rings (SSSR count). The van der Waals surface area contributed by atoms with Gasteiger partial charge in [0.25, 0.3) is 11.5 Å². The molecule has 0 aliphatic carbocycles. The third kappa shape index (κ3) is 5.11. The second kappa shape index (κ2) is 9.70. The van der Waals surface area contributed by atoms with Crippen molar-refractivity contribution in [1.82, 2.24) is 14.5 Å². The zero-order chi connectivity index (χ0) is 23.6. The first kappa shape index (κ1) is 23.7. The average molecular weight is 476 g/mol. The molecule has 0 radical (unpaired) electrons. The van der Waals surface area contributed by atoms with E-state index in [0.29, 0.717) is 16.6 Å². The van der Waals surface area contributed by atoms with Crippen molar-refractivity contribution in [2.75, 3.05) is 17.2 Å². The number of hydrogen-bond acceptors (Lipinski definition) is 6. The van der Waals surface area contributed by atoms with Crippen LogP contribution >= 0.6 is 22.9 Å². The number of H-pyrrole nitrogens is 1. The molecular formula is C22H26ClN5O3S. The van der Waals surface area contributed by atoms with Gasteiger partial charge in [0.15, 0.2) is 5.69 Å². The summed E-state index contributed by atoms with van der Waals surface area (Å²) in [6.45, 7) is 8.25. The van der Waals surface area contributed by atoms with Crippen molar-refractivity contribution in [1.29, 1.82) is 0 Å². The number of halogens is 1. The molecule has 0 atom stereocenters. The number of thiazole rings is 1. The lowest BCUT2D eigenvalue weighted by Gasteiger charge is -2.25. The summed E-state index contributed by atoms with van der Waals surface area (Å²) in [5.74, 6) is -0.349. The molecule has 1 aromatic carbocycles. The number of amides is 1. The normalized spacial score (nSPS) is 11.3. The summed E-state index contributed by atoms with van der Waals surface area (Å²) in [4.78, 5) is 46.6. The predicted molar refractivity (Wildman–Crippen MR) is 130 cm³/mol. The van der Waals surface area contributed by atoms with E-state index in [0.717, 1.165) is 5.56 Å². The average Bonchev–Trinajstić information content (AvgIpc) is 3.19. The van der Waals surface area contributed by atoms with Crippen LogP contribution in [0.15, 0.2) is 39.2 Å². The fourth-order valence-electron chi connectivity index (χ4n) is 3.29. The van der Waals surface area contributed by atoms with E-state index in [1.807, 2.05) is 39.8 Å². The van der Waals surface area contributed by atoms with E-state index in [2.05, 4.69) is 9.97 Å². The number of aromatic nitrogens is 3. The van der Waals surface area contributed by atoms with E-state index in [9.17, 15) is 14.4 Å². The monoisotopic (exact) mass is 475 g/mol. The number of nitrogens with two attached hydrogens (primary N) is 1. The van der Waals surface area contributed by atoms with Crippen LogP contribution in [0.2, 0.25) is 5.02 Å². The summed E-state index contributed by atoms with van der Waals surface area (Å²) >= 11 is 7.38. The van der Waals surface area contributed by atoms with Gasteiger partial charge in [0.1, 0.15) is 16.5 Å². The van der Waals surface area contributed by atoms with Gasteiger partial charge < -0.3 is 5.73 Å². The summed E-state index contributed by atoms with van der Waals surface area (Å²) in [7, 11) is 0. The van der Waals surface area contributed by atoms with Crippen molar-refractivity contribution in [2.45, 2.75) is 34.2 Å². The zero-order valence-corrected chi connectivity index (χ0v) is 20.0. The Labute approximate surface area is 194 Å². The Hall–Kier alpha value is -2.91. The highest BCUT2D eigenvalue weighted by atomic mass is 35.5. The lowest BCUT2D eigenvalue weighted by atomic mass is 10.2. The Morgan fingerprint density at radius 1 is 1.25 bits per heavy atom. The quantitative estimate of drug-likeness (QED) is 0.538. The highest BCUT2D eigenvalue weighted by Gasteiger charge is 2.27. The molecule has 2 heterocycles. The smallest absolute Gasteiger partial charge is 0.330 e. The molecule has 0 fully saturated rings. The maximum absolute atomic E-state index is 13.5. The Morgan fingerprint density at radius 3 is 2.59 bits per heavy atom. The highest BCUT2D eigenvalue weighted by molar-refractivity contribution is 7.13. The summed E-state index contributed by atoms with van der Waals surface area (Å²) in [5.41, 5.74) is 5.89. The van der Waals surface area contributed by atoms with E-state index < -0.39 is 17.2 Å². The van der Waals surface area contributed by atoms with Crippen molar-refractivity contribution >= 4 is 40.4 Å². The van der Waals surface area contributed by atoms with Crippen LogP contribution in [0.25, 0.3) is 10.6 Å². The lowest BCUT2D eigenvalue weighted by molar-refractivity contribution is 0.0979. The number of hydrogen-bond donors (Lipinski definition) is 2. The van der Waals surface area contributed by atoms with Crippen molar-refractivity contribution in [3.8, 4) is 10.6 Å². The molecule has 32 heavy (non-hydrogen) atoms. The van der Waals surface area contributed by atoms with Gasteiger partial charge in [-0.1, -0.05) is 51.4 Å². The van der Waals surface area contributed by atoms with Crippen LogP contribution in [0, 0.1) is 11.8 Å². The number of nitrogen functional groups attached to an aromatic ring is 1. The number of carbonyl (C=O) groups excluding carboxylic acids is 1. The maximum atomic E-state index is 13.5. The Bertz CT molecular complexity index is 1240. The number of aromatic amines is 1. The van der Waals surface area contributed by atoms with Gasteiger partial charge >= 0.3 is 5.69 Å². The molecule has 3 N–H and O–H groups in total. The summed E-state index contributed by atoms with van der Waals surface area (Å²) in [6, 6.07) is 7.19. The van der Waals surface area contributed by atoms with Gasteiger partial charge in [-0.2, -0.15) is 0 Å². The van der Waals surface area contributed by atoms with Gasteiger partial charge in [0.2, 0.25) is 0 Å². The number of nitrogens with one attached hydrogen (secondary N) is 1. The Balaban J connectivity index is 2.08. The standard InChI is InChI=1S/C22H26ClN5O3S/c1-12(2)9-27(17-18(24)28(10-13(3)4)22(31)26-19(17)29)21(30)16-11-32-20(25-16)14-6-5-7-15(23)8-14/h5-8,11-13H,9-10,24H2,1-4H3,(H,26,29,31). The number of anilines is 2. The van der Waals surface area contributed by atoms with Crippen LogP contribution in [0.1, 0.15) is 38.2 Å². The van der Waals surface area contributed by atoms with Crippen molar-refractivity contribution in [3.63, 3.8) is 0 Å². The molecule has 8 nitrogen and oxygen atoms in total. The van der Waals surface area contributed by atoms with Crippen molar-refractivity contribution in [3.05, 3.63) is 61.2 Å². The van der Waals surface area contributed by atoms with Crippen molar-refractivity contribution in [2.24, 2.45) is 11.8 Å². The van der Waals surface area contributed by atoms with Crippen LogP contribution < -0.4 is 21.9 Å². The van der Waals surface area contributed by atoms with Crippen LogP contribution in [-0.2, 0) is 6.54 Å². The second-order valence-electron chi connectivity index (χ2n) is 8.36. The maximum Gasteiger partial charge on any atom is 0.330 e. The summed E-state index contributed by atoms with van der Waals surface area (Å²) < 4.78 is 1.29. The van der Waals surface area contributed by atoms with Crippen molar-refractivity contribution < 1.29 is 4.79 Å². The van der Waals surface area contributed by atoms with Gasteiger partial charge in [-0.05, 0) is 24.0 Å². The number of rotatable bonds is 7. The second-order valence-corrected chi connectivity index (χ2v) is 9.65. The first-order valence-electron chi connectivity index (χ1n) is 10.2. The van der Waals surface area contributed by atoms with Crippen LogP contribution in [-0.4, -0.2) is 27.0 Å². The fraction of sp³-hybridized carbons (Fsp3) is 0.364. The van der Waals surface area contributed by atoms with E-state index in [1.165, 1.54) is 20.8 Å². The van der Waals surface area contributed by atoms with Crippen LogP contribution in [0.5, 0.6) is 0 Å². The molecule has 0 aliphatic rings. The third-order valence-electron chi connectivity index (χ3n) is 4.62. The molecule has 0 bridgehead atoms. The van der Waals surface area contributed by atoms with Gasteiger partial charge in [0.05, 0.1) is 0 Å². The molecule has 0 saturated carbocycles. The minimum absolute atomic E-state index is 0.0354. The van der Waals surface area contributed by atoms with E-state index >= 15 is 0 Å². The topological polar surface area (TPSA) is 114 Å². The molecule has 0 saturated heterocycles. The van der Waals surface area contributed by atoms with E-state index in [1.54, 1.807) is 17.5 Å². The van der Waals surface area contributed by atoms with E-state index in [-0.39, 0.29) is 35.6 Å². The van der Waals surface area contributed by atoms with Gasteiger partial charge in [-0.3, -0.25) is 24.0 Å². The number of nitrogens with zero attached hydrogens (tertiary/aromatic N) is 3. The molecule has 0 aliphatic heterocycles. The molecule has 2 aromatic heterocycles. The van der Waals surface area contributed by atoms with E-state index in [4.69, 9.17) is 17.3 Å². The SMILES string of the molecule is CC(C)CN(C(=O)c1csc(-c2cccc(Cl)c2)n1)c1c(N)n(CC(C)C)c(=O)[nH]c1=O. The Kier molecular flexibility index (Phi) is 7.20. The molecular weight excluding hydrogens is 450 g/mol. The minimum atomic E-state index is -0.702. The lowest BCUT2D eigenvalue weighted by Crippen LogP contribution is -2.43. The van der Waals surface area contributed by atoms with Gasteiger partial charge in [-0.15, -0.1) is 11.3 Å². The molecule has 10 heteroatoms. The predicted octanol–water partition coefficient (Wildman–Crippen LogP) is 3.85. The van der Waals surface area contributed by atoms with Gasteiger partial charge in [-0.25, -0.2) is 9.78 Å². The minimum Gasteiger partial charge on any atom is -0.383 e.